The number of methoxy groups -OCH3 is 1. The first-order valence-corrected chi connectivity index (χ1v) is 10.8. The number of ether oxygens (including phenoxy) is 1. The molecular weight excluding hydrogens is 418 g/mol. The van der Waals surface area contributed by atoms with Crippen LogP contribution < -0.4 is 9.64 Å². The second kappa shape index (κ2) is 8.42. The lowest BCUT2D eigenvalue weighted by atomic mass is 10.2. The molecule has 0 spiro atoms. The van der Waals surface area contributed by atoms with Gasteiger partial charge < -0.3 is 14.5 Å². The zero-order chi connectivity index (χ0) is 19.5. The predicted octanol–water partition coefficient (Wildman–Crippen LogP) is 3.21. The van der Waals surface area contributed by atoms with E-state index in [4.69, 9.17) is 16.3 Å². The minimum atomic E-state index is 0.0949. The van der Waals surface area contributed by atoms with Gasteiger partial charge in [-0.3, -0.25) is 9.78 Å². The summed E-state index contributed by atoms with van der Waals surface area (Å²) in [6.07, 6.45) is 3.61. The number of hydrogen-bond acceptors (Lipinski definition) is 8. The number of hydrogen-bond donors (Lipinski definition) is 0. The number of nitrogens with zero attached hydrogens (tertiary/aromatic N) is 5. The topological polar surface area (TPSA) is 71.5 Å². The number of thiazole rings is 1. The van der Waals surface area contributed by atoms with E-state index < -0.39 is 0 Å². The number of carbonyl (C=O) groups excluding carboxylic acids is 1. The molecule has 0 N–H and O–H groups in total. The van der Waals surface area contributed by atoms with E-state index in [9.17, 15) is 4.79 Å². The van der Waals surface area contributed by atoms with E-state index in [2.05, 4.69) is 19.9 Å². The quantitative estimate of drug-likeness (QED) is 0.612. The molecule has 4 rings (SSSR count). The van der Waals surface area contributed by atoms with Crippen molar-refractivity contribution < 1.29 is 9.53 Å². The molecule has 0 atom stereocenters. The minimum absolute atomic E-state index is 0.0949. The van der Waals surface area contributed by atoms with Gasteiger partial charge >= 0.3 is 0 Å². The number of carbonyl (C=O) groups is 1. The molecule has 1 aliphatic rings. The van der Waals surface area contributed by atoms with Crippen molar-refractivity contribution >= 4 is 46.0 Å². The van der Waals surface area contributed by atoms with Gasteiger partial charge in [0.15, 0.2) is 5.82 Å². The molecule has 10 heteroatoms. The highest BCUT2D eigenvalue weighted by Crippen LogP contribution is 2.33. The number of piperazine rings is 1. The molecule has 1 amide bonds. The van der Waals surface area contributed by atoms with E-state index in [-0.39, 0.29) is 5.91 Å². The van der Waals surface area contributed by atoms with Gasteiger partial charge in [-0.2, -0.15) is 4.98 Å². The van der Waals surface area contributed by atoms with Crippen LogP contribution in [0.1, 0.15) is 5.69 Å². The molecular formula is C18H18ClN5O2S2. The van der Waals surface area contributed by atoms with Crippen LogP contribution in [0.15, 0.2) is 29.9 Å². The van der Waals surface area contributed by atoms with E-state index in [0.29, 0.717) is 38.5 Å². The lowest BCUT2D eigenvalue weighted by Crippen LogP contribution is -2.49. The first-order chi connectivity index (χ1) is 13.6. The zero-order valence-corrected chi connectivity index (χ0v) is 17.6. The third-order valence-electron chi connectivity index (χ3n) is 4.43. The fraction of sp³-hybridized carbons (Fsp3) is 0.333. The molecule has 28 heavy (non-hydrogen) atoms. The van der Waals surface area contributed by atoms with Crippen LogP contribution in [-0.4, -0.2) is 59.0 Å². The van der Waals surface area contributed by atoms with E-state index in [0.717, 1.165) is 25.7 Å². The van der Waals surface area contributed by atoms with E-state index >= 15 is 0 Å². The van der Waals surface area contributed by atoms with Gasteiger partial charge in [0.05, 0.1) is 40.8 Å². The van der Waals surface area contributed by atoms with Crippen molar-refractivity contribution in [3.05, 3.63) is 39.9 Å². The molecule has 0 aromatic carbocycles. The number of halogens is 1. The predicted molar refractivity (Wildman–Crippen MR) is 112 cm³/mol. The maximum absolute atomic E-state index is 12.7. The summed E-state index contributed by atoms with van der Waals surface area (Å²) in [6, 6.07) is 3.82. The van der Waals surface area contributed by atoms with Crippen LogP contribution >= 0.6 is 34.3 Å². The lowest BCUT2D eigenvalue weighted by molar-refractivity contribution is -0.130. The monoisotopic (exact) mass is 435 g/mol. The smallest absolute Gasteiger partial charge is 0.233 e. The molecule has 1 saturated heterocycles. The number of rotatable bonds is 5. The Hall–Kier alpha value is -2.23. The van der Waals surface area contributed by atoms with Crippen LogP contribution in [0.25, 0.3) is 9.88 Å². The van der Waals surface area contributed by atoms with E-state index in [1.807, 2.05) is 22.4 Å². The first kappa shape index (κ1) is 19.1. The Morgan fingerprint density at radius 3 is 2.75 bits per heavy atom. The lowest BCUT2D eigenvalue weighted by Gasteiger charge is -2.35. The highest BCUT2D eigenvalue weighted by molar-refractivity contribution is 7.23. The Morgan fingerprint density at radius 1 is 1.21 bits per heavy atom. The normalized spacial score (nSPS) is 14.4. The third kappa shape index (κ3) is 4.26. The number of aromatic nitrogens is 3. The summed E-state index contributed by atoms with van der Waals surface area (Å²) >= 11 is 9.03. The summed E-state index contributed by atoms with van der Waals surface area (Å²) in [5.41, 5.74) is 0.801. The number of anilines is 1. The fourth-order valence-electron chi connectivity index (χ4n) is 2.97. The van der Waals surface area contributed by atoms with Gasteiger partial charge in [-0.25, -0.2) is 4.98 Å². The molecule has 1 aliphatic heterocycles. The van der Waals surface area contributed by atoms with Crippen LogP contribution in [0.3, 0.4) is 0 Å². The molecule has 0 saturated carbocycles. The highest BCUT2D eigenvalue weighted by atomic mass is 35.5. The van der Waals surface area contributed by atoms with Gasteiger partial charge in [0.25, 0.3) is 0 Å². The Morgan fingerprint density at radius 2 is 2.04 bits per heavy atom. The van der Waals surface area contributed by atoms with Gasteiger partial charge in [-0.15, -0.1) is 22.7 Å². The number of amides is 1. The number of thiophene rings is 1. The largest absolute Gasteiger partial charge is 0.480 e. The highest BCUT2D eigenvalue weighted by Gasteiger charge is 2.23. The van der Waals surface area contributed by atoms with Crippen LogP contribution in [0.4, 0.5) is 5.82 Å². The summed E-state index contributed by atoms with van der Waals surface area (Å²) in [4.78, 5) is 30.8. The van der Waals surface area contributed by atoms with Crippen molar-refractivity contribution in [2.75, 3.05) is 38.2 Å². The van der Waals surface area contributed by atoms with Crippen molar-refractivity contribution in [3.8, 4) is 15.8 Å². The van der Waals surface area contributed by atoms with Crippen LogP contribution in [0, 0.1) is 0 Å². The van der Waals surface area contributed by atoms with Crippen LogP contribution in [0.2, 0.25) is 4.34 Å². The Labute approximate surface area is 175 Å². The molecule has 7 nitrogen and oxygen atoms in total. The molecule has 1 fully saturated rings. The molecule has 3 aromatic rings. The molecule has 0 bridgehead atoms. The summed E-state index contributed by atoms with van der Waals surface area (Å²) in [6.45, 7) is 2.72. The Balaban J connectivity index is 1.33. The summed E-state index contributed by atoms with van der Waals surface area (Å²) in [5.74, 6) is 1.35. The second-order valence-electron chi connectivity index (χ2n) is 6.21. The van der Waals surface area contributed by atoms with E-state index in [1.54, 1.807) is 30.8 Å². The van der Waals surface area contributed by atoms with Crippen molar-refractivity contribution in [2.45, 2.75) is 6.42 Å². The van der Waals surface area contributed by atoms with Gasteiger partial charge in [0.2, 0.25) is 11.8 Å². The molecule has 0 radical (unpaired) electrons. The zero-order valence-electron chi connectivity index (χ0n) is 15.2. The third-order valence-corrected chi connectivity index (χ3v) is 6.72. The van der Waals surface area contributed by atoms with Gasteiger partial charge in [-0.1, -0.05) is 11.6 Å². The standard InChI is InChI=1S/C18H18ClN5O2S2/c1-26-16-10-20-9-15(22-16)23-4-6-24(7-5-23)17(25)8-12-11-27-18(21-12)13-2-3-14(19)28-13/h2-3,9-11H,4-8H2,1H3. The fourth-order valence-corrected chi connectivity index (χ4v) is 4.91. The second-order valence-corrected chi connectivity index (χ2v) is 8.79. The van der Waals surface area contributed by atoms with Crippen molar-refractivity contribution in [3.63, 3.8) is 0 Å². The molecule has 0 unspecified atom stereocenters. The Bertz CT molecular complexity index is 968. The maximum Gasteiger partial charge on any atom is 0.233 e. The van der Waals surface area contributed by atoms with Crippen molar-refractivity contribution in [1.29, 1.82) is 0 Å². The van der Waals surface area contributed by atoms with Gasteiger partial charge in [0, 0.05) is 31.6 Å². The van der Waals surface area contributed by atoms with Crippen LogP contribution in [0.5, 0.6) is 5.88 Å². The van der Waals surface area contributed by atoms with E-state index in [1.165, 1.54) is 11.3 Å². The molecule has 0 aliphatic carbocycles. The van der Waals surface area contributed by atoms with Crippen molar-refractivity contribution in [1.82, 2.24) is 19.9 Å². The SMILES string of the molecule is COc1cncc(N2CCN(C(=O)Cc3csc(-c4ccc(Cl)s4)n3)CC2)n1. The van der Waals surface area contributed by atoms with Crippen molar-refractivity contribution in [2.24, 2.45) is 0 Å². The van der Waals surface area contributed by atoms with Gasteiger partial charge in [0.1, 0.15) is 5.01 Å². The van der Waals surface area contributed by atoms with Gasteiger partial charge in [-0.05, 0) is 12.1 Å². The maximum atomic E-state index is 12.7. The molecule has 3 aromatic heterocycles. The van der Waals surface area contributed by atoms with Crippen LogP contribution in [-0.2, 0) is 11.2 Å². The average molecular weight is 436 g/mol. The Kier molecular flexibility index (Phi) is 5.74. The minimum Gasteiger partial charge on any atom is -0.480 e. The first-order valence-electron chi connectivity index (χ1n) is 8.71. The average Bonchev–Trinajstić information content (AvgIpc) is 3.37. The summed E-state index contributed by atoms with van der Waals surface area (Å²) in [7, 11) is 1.57. The summed E-state index contributed by atoms with van der Waals surface area (Å²) < 4.78 is 5.87. The molecule has 146 valence electrons. The summed E-state index contributed by atoms with van der Waals surface area (Å²) in [5, 5.41) is 2.85. The molecule has 4 heterocycles.